The molecule has 0 radical (unpaired) electrons. The molecule has 2 N–H and O–H groups in total. The van der Waals surface area contributed by atoms with Gasteiger partial charge in [0.05, 0.1) is 6.61 Å². The highest BCUT2D eigenvalue weighted by Gasteiger charge is 2.08. The third-order valence-corrected chi connectivity index (χ3v) is 2.95. The van der Waals surface area contributed by atoms with Crippen LogP contribution in [0.25, 0.3) is 0 Å². The third-order valence-electron chi connectivity index (χ3n) is 2.73. The maximum absolute atomic E-state index is 12.0. The number of carbonyl (C=O) groups excluding carboxylic acids is 1. The predicted molar refractivity (Wildman–Crippen MR) is 89.7 cm³/mol. The minimum atomic E-state index is -0.220. The standard InChI is InChI=1S/C16H24N2O2S/c1-11(2)9-10-20-14-7-5-13(6-8-14)15(19)18-16(21)17-12(3)4/h5-8,11-12H,9-10H2,1-4H3,(H2,17,18,19,21). The predicted octanol–water partition coefficient (Wildman–Crippen LogP) is 3.12. The largest absolute Gasteiger partial charge is 0.494 e. The maximum Gasteiger partial charge on any atom is 0.257 e. The summed E-state index contributed by atoms with van der Waals surface area (Å²) in [6.07, 6.45) is 1.01. The SMILES string of the molecule is CC(C)CCOc1ccc(C(=O)NC(=S)NC(C)C)cc1. The van der Waals surface area contributed by atoms with Gasteiger partial charge >= 0.3 is 0 Å². The fraction of sp³-hybridized carbons (Fsp3) is 0.500. The second kappa shape index (κ2) is 8.62. The molecule has 0 aliphatic carbocycles. The fourth-order valence-electron chi connectivity index (χ4n) is 1.59. The van der Waals surface area contributed by atoms with Crippen LogP contribution in [0.2, 0.25) is 0 Å². The van der Waals surface area contributed by atoms with E-state index in [-0.39, 0.29) is 11.9 Å². The Balaban J connectivity index is 2.49. The van der Waals surface area contributed by atoms with Crippen LogP contribution in [0, 0.1) is 5.92 Å². The molecule has 1 amide bonds. The van der Waals surface area contributed by atoms with Crippen LogP contribution in [-0.2, 0) is 0 Å². The summed E-state index contributed by atoms with van der Waals surface area (Å²) in [4.78, 5) is 12.0. The first kappa shape index (κ1) is 17.4. The maximum atomic E-state index is 12.0. The van der Waals surface area contributed by atoms with E-state index in [2.05, 4.69) is 24.5 Å². The van der Waals surface area contributed by atoms with Gasteiger partial charge in [0.15, 0.2) is 5.11 Å². The molecule has 0 aromatic heterocycles. The van der Waals surface area contributed by atoms with Gasteiger partial charge in [0.2, 0.25) is 0 Å². The van der Waals surface area contributed by atoms with E-state index in [0.29, 0.717) is 23.2 Å². The number of nitrogens with one attached hydrogen (secondary N) is 2. The summed E-state index contributed by atoms with van der Waals surface area (Å²) in [6, 6.07) is 7.26. The summed E-state index contributed by atoms with van der Waals surface area (Å²) < 4.78 is 5.62. The van der Waals surface area contributed by atoms with Crippen LogP contribution in [0.15, 0.2) is 24.3 Å². The second-order valence-electron chi connectivity index (χ2n) is 5.64. The minimum absolute atomic E-state index is 0.189. The Kier molecular flexibility index (Phi) is 7.15. The molecule has 0 fully saturated rings. The summed E-state index contributed by atoms with van der Waals surface area (Å²) in [6.45, 7) is 8.92. The van der Waals surface area contributed by atoms with Crippen molar-refractivity contribution in [3.05, 3.63) is 29.8 Å². The molecule has 0 saturated carbocycles. The van der Waals surface area contributed by atoms with Gasteiger partial charge in [-0.1, -0.05) is 13.8 Å². The van der Waals surface area contributed by atoms with E-state index in [4.69, 9.17) is 17.0 Å². The van der Waals surface area contributed by atoms with E-state index in [0.717, 1.165) is 12.2 Å². The Bertz CT molecular complexity index is 470. The van der Waals surface area contributed by atoms with Crippen molar-refractivity contribution in [2.24, 2.45) is 5.92 Å². The van der Waals surface area contributed by atoms with Crippen molar-refractivity contribution in [2.75, 3.05) is 6.61 Å². The number of rotatable bonds is 6. The Morgan fingerprint density at radius 3 is 2.33 bits per heavy atom. The van der Waals surface area contributed by atoms with Crippen molar-refractivity contribution in [1.82, 2.24) is 10.6 Å². The zero-order valence-corrected chi connectivity index (χ0v) is 13.9. The molecule has 1 aromatic carbocycles. The topological polar surface area (TPSA) is 50.4 Å². The molecule has 0 spiro atoms. The summed E-state index contributed by atoms with van der Waals surface area (Å²) in [5.41, 5.74) is 0.555. The summed E-state index contributed by atoms with van der Waals surface area (Å²) in [7, 11) is 0. The number of thiocarbonyl (C=S) groups is 1. The molecular weight excluding hydrogens is 284 g/mol. The molecule has 0 aliphatic rings. The van der Waals surface area contributed by atoms with Crippen molar-refractivity contribution in [3.63, 3.8) is 0 Å². The minimum Gasteiger partial charge on any atom is -0.494 e. The molecule has 1 rings (SSSR count). The number of amides is 1. The molecule has 116 valence electrons. The molecular formula is C16H24N2O2S. The van der Waals surface area contributed by atoms with Gasteiger partial charge in [-0.2, -0.15) is 0 Å². The number of carbonyl (C=O) groups is 1. The van der Waals surface area contributed by atoms with Crippen LogP contribution < -0.4 is 15.4 Å². The van der Waals surface area contributed by atoms with E-state index in [1.807, 2.05) is 13.8 Å². The normalized spacial score (nSPS) is 10.6. The highest BCUT2D eigenvalue weighted by Crippen LogP contribution is 2.13. The molecule has 5 heteroatoms. The highest BCUT2D eigenvalue weighted by atomic mass is 32.1. The lowest BCUT2D eigenvalue weighted by atomic mass is 10.1. The van der Waals surface area contributed by atoms with Crippen LogP contribution in [-0.4, -0.2) is 23.7 Å². The second-order valence-corrected chi connectivity index (χ2v) is 6.05. The van der Waals surface area contributed by atoms with E-state index in [1.165, 1.54) is 0 Å². The van der Waals surface area contributed by atoms with Crippen molar-refractivity contribution >= 4 is 23.2 Å². The van der Waals surface area contributed by atoms with E-state index < -0.39 is 0 Å². The Hall–Kier alpha value is -1.62. The molecule has 21 heavy (non-hydrogen) atoms. The van der Waals surface area contributed by atoms with Gasteiger partial charge in [-0.15, -0.1) is 0 Å². The fourth-order valence-corrected chi connectivity index (χ4v) is 1.92. The van der Waals surface area contributed by atoms with Crippen LogP contribution in [0.1, 0.15) is 44.5 Å². The first-order chi connectivity index (χ1) is 9.88. The lowest BCUT2D eigenvalue weighted by molar-refractivity contribution is 0.0976. The van der Waals surface area contributed by atoms with E-state index in [9.17, 15) is 4.79 Å². The molecule has 0 aliphatic heterocycles. The molecule has 0 heterocycles. The first-order valence-electron chi connectivity index (χ1n) is 7.23. The molecule has 0 bridgehead atoms. The van der Waals surface area contributed by atoms with Crippen molar-refractivity contribution < 1.29 is 9.53 Å². The van der Waals surface area contributed by atoms with Crippen LogP contribution >= 0.6 is 12.2 Å². The van der Waals surface area contributed by atoms with Crippen LogP contribution in [0.3, 0.4) is 0 Å². The van der Waals surface area contributed by atoms with Gasteiger partial charge in [0.1, 0.15) is 5.75 Å². The number of hydrogen-bond donors (Lipinski definition) is 2. The Morgan fingerprint density at radius 2 is 1.81 bits per heavy atom. The molecule has 0 unspecified atom stereocenters. The quantitative estimate of drug-likeness (QED) is 0.793. The van der Waals surface area contributed by atoms with Crippen LogP contribution in [0.5, 0.6) is 5.75 Å². The molecule has 0 atom stereocenters. The van der Waals surface area contributed by atoms with Gasteiger partial charge in [-0.3, -0.25) is 10.1 Å². The number of ether oxygens (including phenoxy) is 1. The average Bonchev–Trinajstić information content (AvgIpc) is 2.37. The Labute approximate surface area is 132 Å². The highest BCUT2D eigenvalue weighted by molar-refractivity contribution is 7.80. The molecule has 0 saturated heterocycles. The Morgan fingerprint density at radius 1 is 1.19 bits per heavy atom. The van der Waals surface area contributed by atoms with Gasteiger partial charge in [-0.05, 0) is 62.7 Å². The number of benzene rings is 1. The monoisotopic (exact) mass is 308 g/mol. The number of hydrogen-bond acceptors (Lipinski definition) is 3. The average molecular weight is 308 g/mol. The smallest absolute Gasteiger partial charge is 0.257 e. The first-order valence-corrected chi connectivity index (χ1v) is 7.64. The summed E-state index contributed by atoms with van der Waals surface area (Å²) in [5, 5.41) is 5.95. The van der Waals surface area contributed by atoms with E-state index in [1.54, 1.807) is 24.3 Å². The van der Waals surface area contributed by atoms with Gasteiger partial charge < -0.3 is 10.1 Å². The van der Waals surface area contributed by atoms with Gasteiger partial charge in [0, 0.05) is 11.6 Å². The zero-order chi connectivity index (χ0) is 15.8. The lowest BCUT2D eigenvalue weighted by Crippen LogP contribution is -2.42. The third kappa shape index (κ3) is 7.09. The molecule has 1 aromatic rings. The van der Waals surface area contributed by atoms with Crippen LogP contribution in [0.4, 0.5) is 0 Å². The summed E-state index contributed by atoms with van der Waals surface area (Å²) >= 11 is 5.05. The lowest BCUT2D eigenvalue weighted by Gasteiger charge is -2.12. The van der Waals surface area contributed by atoms with Crippen molar-refractivity contribution in [2.45, 2.75) is 40.2 Å². The molecule has 4 nitrogen and oxygen atoms in total. The zero-order valence-electron chi connectivity index (χ0n) is 13.1. The van der Waals surface area contributed by atoms with Gasteiger partial charge in [0.25, 0.3) is 5.91 Å². The van der Waals surface area contributed by atoms with Crippen molar-refractivity contribution in [1.29, 1.82) is 0 Å². The van der Waals surface area contributed by atoms with Gasteiger partial charge in [-0.25, -0.2) is 0 Å². The summed E-state index contributed by atoms with van der Waals surface area (Å²) in [5.74, 6) is 1.17. The van der Waals surface area contributed by atoms with E-state index >= 15 is 0 Å². The van der Waals surface area contributed by atoms with Crippen molar-refractivity contribution in [3.8, 4) is 5.75 Å².